The van der Waals surface area contributed by atoms with Gasteiger partial charge >= 0.3 is 0 Å². The molecule has 3 aromatic carbocycles. The fourth-order valence-electron chi connectivity index (χ4n) is 4.68. The molecule has 238 valence electrons. The molecule has 5 aromatic rings. The first-order chi connectivity index (χ1) is 22.2. The van der Waals surface area contributed by atoms with E-state index in [2.05, 4.69) is 9.97 Å². The third-order valence-corrected chi connectivity index (χ3v) is 7.92. The molecule has 6 nitrogen and oxygen atoms in total. The summed E-state index contributed by atoms with van der Waals surface area (Å²) in [5.41, 5.74) is 1.26. The molecule has 0 fully saturated rings. The van der Waals surface area contributed by atoms with Gasteiger partial charge < -0.3 is 14.0 Å². The zero-order valence-corrected chi connectivity index (χ0v) is 25.3. The Morgan fingerprint density at radius 1 is 0.891 bits per heavy atom. The fraction of sp³-hybridized carbons (Fsp3) is 0.206. The maximum absolute atomic E-state index is 14.2. The Morgan fingerprint density at radius 3 is 2.41 bits per heavy atom. The number of hydrogen-bond donors (Lipinski definition) is 0. The van der Waals surface area contributed by atoms with Crippen LogP contribution in [0.5, 0.6) is 5.75 Å². The maximum Gasteiger partial charge on any atom is 0.280 e. The highest BCUT2D eigenvalue weighted by Gasteiger charge is 2.18. The smallest absolute Gasteiger partial charge is 0.280 e. The van der Waals surface area contributed by atoms with Gasteiger partial charge in [-0.15, -0.1) is 0 Å². The van der Waals surface area contributed by atoms with E-state index in [1.54, 1.807) is 6.07 Å². The minimum absolute atomic E-state index is 0.0324. The van der Waals surface area contributed by atoms with Crippen molar-refractivity contribution in [3.63, 3.8) is 0 Å². The second-order valence-corrected chi connectivity index (χ2v) is 11.3. The summed E-state index contributed by atoms with van der Waals surface area (Å²) in [5.74, 6) is -1.55. The van der Waals surface area contributed by atoms with Crippen LogP contribution in [0.4, 0.5) is 22.0 Å². The van der Waals surface area contributed by atoms with Crippen molar-refractivity contribution in [2.45, 2.75) is 37.3 Å². The van der Waals surface area contributed by atoms with Crippen LogP contribution < -0.4 is 10.3 Å². The molecule has 0 saturated carbocycles. The molecular formula is C34H28F5N3O3S. The number of nitrogens with zero attached hydrogens (tertiary/aromatic N) is 3. The summed E-state index contributed by atoms with van der Waals surface area (Å²) in [7, 11) is 1.35. The number of pyridine rings is 1. The van der Waals surface area contributed by atoms with Crippen molar-refractivity contribution in [3.05, 3.63) is 141 Å². The Balaban J connectivity index is 1.34. The first-order valence-corrected chi connectivity index (χ1v) is 15.1. The summed E-state index contributed by atoms with van der Waals surface area (Å²) in [6.45, 7) is -0.0680. The van der Waals surface area contributed by atoms with E-state index >= 15 is 0 Å². The zero-order valence-electron chi connectivity index (χ0n) is 24.5. The summed E-state index contributed by atoms with van der Waals surface area (Å²) in [6, 6.07) is 20.8. The van der Waals surface area contributed by atoms with Crippen molar-refractivity contribution in [2.75, 3.05) is 12.9 Å². The molecule has 46 heavy (non-hydrogen) atoms. The summed E-state index contributed by atoms with van der Waals surface area (Å²) < 4.78 is 81.9. The molecule has 0 amide bonds. The zero-order chi connectivity index (χ0) is 32.6. The third-order valence-electron chi connectivity index (χ3n) is 7.04. The largest absolute Gasteiger partial charge is 0.494 e. The highest BCUT2D eigenvalue weighted by molar-refractivity contribution is 7.99. The Morgan fingerprint density at radius 2 is 1.70 bits per heavy atom. The third kappa shape index (κ3) is 8.38. The average Bonchev–Trinajstić information content (AvgIpc) is 3.05. The van der Waals surface area contributed by atoms with Gasteiger partial charge in [-0.3, -0.25) is 4.79 Å². The van der Waals surface area contributed by atoms with E-state index in [1.807, 2.05) is 30.3 Å². The van der Waals surface area contributed by atoms with Crippen molar-refractivity contribution in [3.8, 4) is 17.0 Å². The van der Waals surface area contributed by atoms with E-state index in [-0.39, 0.29) is 40.9 Å². The van der Waals surface area contributed by atoms with Gasteiger partial charge in [-0.1, -0.05) is 54.2 Å². The second kappa shape index (κ2) is 15.2. The lowest BCUT2D eigenvalue weighted by atomic mass is 10.1. The molecule has 0 bridgehead atoms. The number of methoxy groups -OCH3 is 1. The quantitative estimate of drug-likeness (QED) is 0.0726. The second-order valence-electron chi connectivity index (χ2n) is 10.2. The molecule has 0 radical (unpaired) electrons. The van der Waals surface area contributed by atoms with Crippen LogP contribution >= 0.6 is 11.8 Å². The van der Waals surface area contributed by atoms with Crippen molar-refractivity contribution in [2.24, 2.45) is 0 Å². The molecule has 1 unspecified atom stereocenters. The van der Waals surface area contributed by atoms with Gasteiger partial charge in [0.05, 0.1) is 32.1 Å². The first-order valence-electron chi connectivity index (χ1n) is 14.1. The monoisotopic (exact) mass is 653 g/mol. The van der Waals surface area contributed by atoms with E-state index in [0.29, 0.717) is 23.3 Å². The molecule has 0 aliphatic rings. The summed E-state index contributed by atoms with van der Waals surface area (Å²) >= 11 is 1.14. The predicted molar refractivity (Wildman–Crippen MR) is 164 cm³/mol. The van der Waals surface area contributed by atoms with Crippen LogP contribution in [0.2, 0.25) is 0 Å². The Bertz CT molecular complexity index is 1860. The molecule has 2 heterocycles. The molecule has 0 spiro atoms. The minimum Gasteiger partial charge on any atom is -0.494 e. The van der Waals surface area contributed by atoms with Gasteiger partial charge in [0.25, 0.3) is 12.0 Å². The van der Waals surface area contributed by atoms with E-state index in [0.717, 1.165) is 29.5 Å². The van der Waals surface area contributed by atoms with Crippen LogP contribution in [0.3, 0.4) is 0 Å². The van der Waals surface area contributed by atoms with Crippen molar-refractivity contribution < 1.29 is 31.4 Å². The minimum atomic E-state index is -2.87. The Hall–Kier alpha value is -4.55. The highest BCUT2D eigenvalue weighted by atomic mass is 32.2. The molecule has 5 rings (SSSR count). The van der Waals surface area contributed by atoms with Crippen LogP contribution in [0.15, 0.2) is 101 Å². The van der Waals surface area contributed by atoms with E-state index in [1.165, 1.54) is 54.3 Å². The highest BCUT2D eigenvalue weighted by Crippen LogP contribution is 2.30. The molecule has 0 aliphatic heterocycles. The van der Waals surface area contributed by atoms with Crippen molar-refractivity contribution in [1.29, 1.82) is 0 Å². The topological polar surface area (TPSA) is 66.2 Å². The standard InChI is InChI=1S/C34H28F5N3O3S/c1-44-31-11-7-21(15-27(31)37)18-42-19-23(9-12-32(42)43)28-17-29(33(38)39)41-34(40-28)46-14-13-30(22-5-3-2-4-6-22)45-20-24-8-10-25(35)16-26(24)36/h2-12,15-17,19,30,33H,13-14,18,20H2,1H3. The molecular weight excluding hydrogens is 625 g/mol. The van der Waals surface area contributed by atoms with Gasteiger partial charge in [-0.05, 0) is 47.9 Å². The number of ether oxygens (including phenoxy) is 2. The number of aromatic nitrogens is 3. The summed E-state index contributed by atoms with van der Waals surface area (Å²) in [4.78, 5) is 21.1. The van der Waals surface area contributed by atoms with Crippen molar-refractivity contribution in [1.82, 2.24) is 14.5 Å². The fourth-order valence-corrected chi connectivity index (χ4v) is 5.53. The summed E-state index contributed by atoms with van der Waals surface area (Å²) in [5, 5.41) is 0.0965. The van der Waals surface area contributed by atoms with Gasteiger partial charge in [-0.25, -0.2) is 31.9 Å². The van der Waals surface area contributed by atoms with Crippen LogP contribution in [-0.4, -0.2) is 27.4 Å². The molecule has 1 atom stereocenters. The molecule has 2 aromatic heterocycles. The van der Waals surface area contributed by atoms with Gasteiger partial charge in [0.15, 0.2) is 16.7 Å². The van der Waals surface area contributed by atoms with Crippen LogP contribution in [0.1, 0.15) is 41.3 Å². The number of rotatable bonds is 13. The number of hydrogen-bond acceptors (Lipinski definition) is 6. The molecule has 0 aliphatic carbocycles. The first kappa shape index (κ1) is 32.8. The van der Waals surface area contributed by atoms with Crippen LogP contribution in [0, 0.1) is 17.5 Å². The predicted octanol–water partition coefficient (Wildman–Crippen LogP) is 8.16. The molecule has 0 saturated heterocycles. The van der Waals surface area contributed by atoms with Gasteiger partial charge in [0.2, 0.25) is 0 Å². The number of alkyl halides is 2. The SMILES string of the molecule is COc1ccc(Cn2cc(-c3cc(C(F)F)nc(SCCC(OCc4ccc(F)cc4F)c4ccccc4)n3)ccc2=O)cc1F. The van der Waals surface area contributed by atoms with Crippen LogP contribution in [0.25, 0.3) is 11.3 Å². The average molecular weight is 654 g/mol. The molecule has 0 N–H and O–H groups in total. The number of benzene rings is 3. The number of halogens is 5. The lowest BCUT2D eigenvalue weighted by Crippen LogP contribution is -2.19. The Kier molecular flexibility index (Phi) is 10.8. The lowest BCUT2D eigenvalue weighted by molar-refractivity contribution is 0.0363. The molecule has 12 heteroatoms. The normalized spacial score (nSPS) is 12.0. The van der Waals surface area contributed by atoms with Gasteiger partial charge in [0.1, 0.15) is 17.3 Å². The number of thioether (sulfide) groups is 1. The van der Waals surface area contributed by atoms with E-state index < -0.39 is 35.7 Å². The van der Waals surface area contributed by atoms with Gasteiger partial charge in [0, 0.05) is 35.2 Å². The van der Waals surface area contributed by atoms with Crippen molar-refractivity contribution >= 4 is 11.8 Å². The summed E-state index contributed by atoms with van der Waals surface area (Å²) in [6.07, 6.45) is -1.48. The van der Waals surface area contributed by atoms with Crippen LogP contribution in [-0.2, 0) is 17.9 Å². The Labute approximate surface area is 265 Å². The van der Waals surface area contributed by atoms with E-state index in [9.17, 15) is 26.7 Å². The lowest BCUT2D eigenvalue weighted by Gasteiger charge is -2.19. The maximum atomic E-state index is 14.2. The van der Waals surface area contributed by atoms with E-state index in [4.69, 9.17) is 9.47 Å². The van der Waals surface area contributed by atoms with Gasteiger partial charge in [-0.2, -0.15) is 0 Å².